The zero-order valence-corrected chi connectivity index (χ0v) is 17.0. The third kappa shape index (κ3) is 3.73. The summed E-state index contributed by atoms with van der Waals surface area (Å²) in [7, 11) is 0. The monoisotopic (exact) mass is 414 g/mol. The molecule has 3 aromatic heterocycles. The summed E-state index contributed by atoms with van der Waals surface area (Å²) in [5, 5.41) is 3.33. The molecule has 0 bridgehead atoms. The van der Waals surface area contributed by atoms with E-state index < -0.39 is 5.91 Å². The first-order valence-electron chi connectivity index (χ1n) is 9.43. The van der Waals surface area contributed by atoms with E-state index in [0.717, 1.165) is 30.8 Å². The average Bonchev–Trinajstić information content (AvgIpc) is 2.95. The molecule has 1 aliphatic heterocycles. The van der Waals surface area contributed by atoms with Crippen molar-refractivity contribution >= 4 is 45.9 Å². The van der Waals surface area contributed by atoms with Crippen molar-refractivity contribution in [2.75, 3.05) is 29.0 Å². The molecule has 1 aliphatic rings. The highest BCUT2D eigenvalue weighted by Gasteiger charge is 2.27. The van der Waals surface area contributed by atoms with E-state index in [1.54, 1.807) is 18.5 Å². The van der Waals surface area contributed by atoms with Crippen LogP contribution in [0.5, 0.6) is 0 Å². The van der Waals surface area contributed by atoms with Crippen LogP contribution >= 0.6 is 11.6 Å². The van der Waals surface area contributed by atoms with E-state index in [2.05, 4.69) is 27.1 Å². The number of nitrogens with one attached hydrogen (secondary N) is 1. The zero-order valence-electron chi connectivity index (χ0n) is 16.3. The fourth-order valence-corrected chi connectivity index (χ4v) is 4.18. The van der Waals surface area contributed by atoms with Gasteiger partial charge >= 0.3 is 0 Å². The van der Waals surface area contributed by atoms with Crippen LogP contribution in [-0.4, -0.2) is 35.0 Å². The smallest absolute Gasteiger partial charge is 0.263 e. The van der Waals surface area contributed by atoms with Gasteiger partial charge in [-0.05, 0) is 24.8 Å². The highest BCUT2D eigenvalue weighted by atomic mass is 35.5. The van der Waals surface area contributed by atoms with Crippen LogP contribution in [0.3, 0.4) is 0 Å². The second kappa shape index (κ2) is 7.53. The summed E-state index contributed by atoms with van der Waals surface area (Å²) in [6.45, 7) is 5.72. The Morgan fingerprint density at radius 1 is 1.34 bits per heavy atom. The van der Waals surface area contributed by atoms with Gasteiger partial charge < -0.3 is 26.1 Å². The number of carbonyl (C=O) groups excluding carboxylic acids is 1. The van der Waals surface area contributed by atoms with Crippen molar-refractivity contribution in [2.45, 2.75) is 26.3 Å². The molecule has 1 fully saturated rings. The number of carbonyl (C=O) groups is 1. The molecule has 2 atom stereocenters. The number of pyridine rings is 2. The Labute approximate surface area is 173 Å². The number of anilines is 3. The molecular formula is C20H23ClN6O2. The lowest BCUT2D eigenvalue weighted by Gasteiger charge is -2.38. The van der Waals surface area contributed by atoms with Gasteiger partial charge in [-0.1, -0.05) is 18.5 Å². The van der Waals surface area contributed by atoms with E-state index in [4.69, 9.17) is 27.5 Å². The van der Waals surface area contributed by atoms with E-state index >= 15 is 0 Å². The number of hydrogen-bond donors (Lipinski definition) is 3. The number of nitrogens with zero attached hydrogens (tertiary/aromatic N) is 3. The minimum absolute atomic E-state index is 0.0111. The van der Waals surface area contributed by atoms with Crippen molar-refractivity contribution < 1.29 is 9.21 Å². The molecule has 5 N–H and O–H groups in total. The fourth-order valence-electron chi connectivity index (χ4n) is 4.03. The number of fused-ring (bicyclic) bond motifs is 1. The number of rotatable bonds is 3. The van der Waals surface area contributed by atoms with Crippen molar-refractivity contribution in [3.8, 4) is 0 Å². The van der Waals surface area contributed by atoms with Gasteiger partial charge in [0.2, 0.25) is 5.88 Å². The predicted molar refractivity (Wildman–Crippen MR) is 114 cm³/mol. The third-order valence-electron chi connectivity index (χ3n) is 5.11. The fraction of sp³-hybridized carbons (Fsp3) is 0.350. The number of aryl methyl sites for hydroxylation is 1. The van der Waals surface area contributed by atoms with Crippen LogP contribution in [0.4, 0.5) is 17.3 Å². The van der Waals surface area contributed by atoms with Crippen LogP contribution in [-0.2, 0) is 0 Å². The molecular weight excluding hydrogens is 392 g/mol. The molecule has 29 heavy (non-hydrogen) atoms. The van der Waals surface area contributed by atoms with E-state index in [1.165, 1.54) is 6.20 Å². The largest absolute Gasteiger partial charge is 0.438 e. The van der Waals surface area contributed by atoms with Gasteiger partial charge in [-0.2, -0.15) is 0 Å². The molecule has 0 saturated carbocycles. The third-order valence-corrected chi connectivity index (χ3v) is 5.31. The number of nitrogen functional groups attached to an aromatic ring is 1. The first-order chi connectivity index (χ1) is 13.8. The van der Waals surface area contributed by atoms with Crippen LogP contribution in [0, 0.1) is 12.8 Å². The van der Waals surface area contributed by atoms with Gasteiger partial charge in [0.05, 0.1) is 22.6 Å². The maximum Gasteiger partial charge on any atom is 0.263 e. The molecule has 9 heteroatoms. The molecule has 0 aromatic carbocycles. The van der Waals surface area contributed by atoms with Gasteiger partial charge in [0.25, 0.3) is 5.91 Å². The highest BCUT2D eigenvalue weighted by Crippen LogP contribution is 2.34. The van der Waals surface area contributed by atoms with Gasteiger partial charge in [0, 0.05) is 37.6 Å². The van der Waals surface area contributed by atoms with Crippen molar-refractivity contribution in [1.29, 1.82) is 0 Å². The lowest BCUT2D eigenvalue weighted by molar-refractivity contribution is 0.102. The maximum atomic E-state index is 13.1. The normalized spacial score (nSPS) is 19.5. The predicted octanol–water partition coefficient (Wildman–Crippen LogP) is 3.19. The number of halogens is 1. The Hall–Kier alpha value is -2.84. The molecule has 1 amide bonds. The van der Waals surface area contributed by atoms with Crippen LogP contribution in [0.15, 0.2) is 29.1 Å². The summed E-state index contributed by atoms with van der Waals surface area (Å²) in [4.78, 5) is 23.7. The van der Waals surface area contributed by atoms with E-state index in [9.17, 15) is 4.79 Å². The molecule has 1 saturated heterocycles. The van der Waals surface area contributed by atoms with Crippen LogP contribution in [0.1, 0.15) is 29.3 Å². The van der Waals surface area contributed by atoms with Crippen LogP contribution in [0.2, 0.25) is 5.02 Å². The van der Waals surface area contributed by atoms with E-state index in [0.29, 0.717) is 27.7 Å². The molecule has 4 rings (SSSR count). The number of aromatic nitrogens is 2. The molecule has 4 heterocycles. The summed E-state index contributed by atoms with van der Waals surface area (Å²) in [6.07, 6.45) is 5.84. The van der Waals surface area contributed by atoms with Crippen molar-refractivity contribution in [3.05, 3.63) is 40.8 Å². The standard InChI is InChI=1S/C20H23ClN6O2/c1-10-3-13(22)9-27(8-10)18-11(2)5-24-7-14(18)26-20(28)16-17-15(29-19(16)23)4-12(21)6-25-17/h4-7,10,13H,3,8-9,22-23H2,1-2H3,(H,26,28). The second-order valence-electron chi connectivity index (χ2n) is 7.65. The molecule has 3 aromatic rings. The summed E-state index contributed by atoms with van der Waals surface area (Å²) in [5.41, 5.74) is 15.5. The van der Waals surface area contributed by atoms with Crippen molar-refractivity contribution in [1.82, 2.24) is 9.97 Å². The maximum absolute atomic E-state index is 13.1. The highest BCUT2D eigenvalue weighted by molar-refractivity contribution is 6.31. The molecule has 0 spiro atoms. The lowest BCUT2D eigenvalue weighted by Crippen LogP contribution is -2.47. The lowest BCUT2D eigenvalue weighted by atomic mass is 9.95. The number of piperidine rings is 1. The van der Waals surface area contributed by atoms with Gasteiger partial charge in [-0.15, -0.1) is 0 Å². The summed E-state index contributed by atoms with van der Waals surface area (Å²) >= 11 is 5.95. The topological polar surface area (TPSA) is 123 Å². The summed E-state index contributed by atoms with van der Waals surface area (Å²) < 4.78 is 5.46. The minimum Gasteiger partial charge on any atom is -0.438 e. The Bertz CT molecular complexity index is 1070. The average molecular weight is 415 g/mol. The Morgan fingerprint density at radius 2 is 2.14 bits per heavy atom. The van der Waals surface area contributed by atoms with Crippen LogP contribution in [0.25, 0.3) is 11.1 Å². The first kappa shape index (κ1) is 19.5. The Morgan fingerprint density at radius 3 is 2.90 bits per heavy atom. The molecule has 8 nitrogen and oxygen atoms in total. The number of furan rings is 1. The van der Waals surface area contributed by atoms with Gasteiger partial charge in [0.1, 0.15) is 11.1 Å². The number of nitrogens with two attached hydrogens (primary N) is 2. The first-order valence-corrected chi connectivity index (χ1v) is 9.81. The van der Waals surface area contributed by atoms with Crippen LogP contribution < -0.4 is 21.7 Å². The molecule has 0 aliphatic carbocycles. The Balaban J connectivity index is 1.70. The van der Waals surface area contributed by atoms with Gasteiger partial charge in [-0.3, -0.25) is 14.8 Å². The number of hydrogen-bond acceptors (Lipinski definition) is 7. The number of amides is 1. The molecule has 2 unspecified atom stereocenters. The molecule has 0 radical (unpaired) electrons. The van der Waals surface area contributed by atoms with Gasteiger partial charge in [-0.25, -0.2) is 0 Å². The molecule has 152 valence electrons. The SMILES string of the molecule is Cc1cncc(NC(=O)c2c(N)oc3cc(Cl)cnc23)c1N1CC(C)CC(N)C1. The van der Waals surface area contributed by atoms with Gasteiger partial charge in [0.15, 0.2) is 5.58 Å². The minimum atomic E-state index is -0.418. The zero-order chi connectivity index (χ0) is 20.7. The second-order valence-corrected chi connectivity index (χ2v) is 8.09. The van der Waals surface area contributed by atoms with Crippen molar-refractivity contribution in [3.63, 3.8) is 0 Å². The van der Waals surface area contributed by atoms with Crippen molar-refractivity contribution in [2.24, 2.45) is 11.7 Å². The summed E-state index contributed by atoms with van der Waals surface area (Å²) in [5.74, 6) is 0.0272. The van der Waals surface area contributed by atoms with E-state index in [1.807, 2.05) is 6.92 Å². The van der Waals surface area contributed by atoms with E-state index in [-0.39, 0.29) is 17.5 Å². The quantitative estimate of drug-likeness (QED) is 0.601. The summed E-state index contributed by atoms with van der Waals surface area (Å²) in [6, 6.07) is 1.66. The Kier molecular flexibility index (Phi) is 5.06.